The number of likely N-dealkylation sites (tertiary alicyclic amines) is 1. The summed E-state index contributed by atoms with van der Waals surface area (Å²) in [6.07, 6.45) is 4.69. The number of amides is 3. The number of fused-ring (bicyclic) bond motifs is 1. The van der Waals surface area contributed by atoms with Crippen molar-refractivity contribution in [3.05, 3.63) is 47.2 Å². The van der Waals surface area contributed by atoms with Gasteiger partial charge in [-0.1, -0.05) is 24.3 Å². The molecule has 3 aliphatic heterocycles. The molecule has 1 aromatic rings. The molecule has 2 N–H and O–H groups in total. The van der Waals surface area contributed by atoms with Gasteiger partial charge in [-0.2, -0.15) is 0 Å². The maximum atomic E-state index is 13.4. The van der Waals surface area contributed by atoms with Crippen LogP contribution < -0.4 is 10.6 Å². The highest BCUT2D eigenvalue weighted by molar-refractivity contribution is 7.09. The molecule has 2 fully saturated rings. The molecule has 5 unspecified atom stereocenters. The Morgan fingerprint density at radius 2 is 2.13 bits per heavy atom. The molecule has 2 saturated heterocycles. The van der Waals surface area contributed by atoms with E-state index in [1.807, 2.05) is 44.4 Å². The lowest BCUT2D eigenvalue weighted by atomic mass is 9.74. The van der Waals surface area contributed by atoms with Crippen LogP contribution in [0.2, 0.25) is 0 Å². The van der Waals surface area contributed by atoms with Gasteiger partial charge in [0.05, 0.1) is 24.5 Å². The Morgan fingerprint density at radius 3 is 2.77 bits per heavy atom. The van der Waals surface area contributed by atoms with Crippen LogP contribution in [0.5, 0.6) is 0 Å². The minimum absolute atomic E-state index is 0.213. The average molecular weight is 430 g/mol. The molecule has 3 amide bonds. The number of carbonyl (C=O) groups excluding carboxylic acids is 3. The normalized spacial score (nSPS) is 31.7. The van der Waals surface area contributed by atoms with Crippen molar-refractivity contribution in [1.29, 1.82) is 0 Å². The van der Waals surface area contributed by atoms with Crippen LogP contribution >= 0.6 is 11.3 Å². The predicted molar refractivity (Wildman–Crippen MR) is 113 cm³/mol. The number of ether oxygens (including phenoxy) is 1. The Labute approximate surface area is 180 Å². The molecule has 4 heterocycles. The van der Waals surface area contributed by atoms with Crippen molar-refractivity contribution < 1.29 is 19.1 Å². The van der Waals surface area contributed by atoms with Crippen molar-refractivity contribution in [2.75, 3.05) is 6.54 Å². The minimum atomic E-state index is -1.13. The van der Waals surface area contributed by atoms with E-state index in [4.69, 9.17) is 4.74 Å². The molecule has 1 aromatic heterocycles. The van der Waals surface area contributed by atoms with Gasteiger partial charge in [0.1, 0.15) is 11.6 Å². The largest absolute Gasteiger partial charge is 0.359 e. The third-order valence-electron chi connectivity index (χ3n) is 5.77. The Bertz CT molecular complexity index is 904. The van der Waals surface area contributed by atoms with Crippen molar-refractivity contribution in [2.45, 2.75) is 50.6 Å². The van der Waals surface area contributed by atoms with E-state index in [9.17, 15) is 14.4 Å². The third kappa shape index (κ3) is 3.28. The number of nitrogens with one attached hydrogen (secondary N) is 2. The monoisotopic (exact) mass is 429 g/mol. The quantitative estimate of drug-likeness (QED) is 0.673. The summed E-state index contributed by atoms with van der Waals surface area (Å²) in [5.41, 5.74) is -1.60. The van der Waals surface area contributed by atoms with E-state index in [0.29, 0.717) is 6.54 Å². The zero-order valence-corrected chi connectivity index (χ0v) is 18.2. The van der Waals surface area contributed by atoms with Crippen molar-refractivity contribution in [2.24, 2.45) is 11.8 Å². The second-order valence-corrected chi connectivity index (χ2v) is 10.0. The zero-order chi connectivity index (χ0) is 21.7. The Hall–Kier alpha value is -2.45. The molecule has 8 heteroatoms. The first-order valence-electron chi connectivity index (χ1n) is 10.1. The number of hydrogen-bond donors (Lipinski definition) is 2. The minimum Gasteiger partial charge on any atom is -0.359 e. The standard InChI is InChI=1S/C22H27N3O4S/c1-5-10-25-17(19(27)24-21(2,3)4)22-9-8-14(29-22)15(16(22)20(25)28)18(26)23-12-13-7-6-11-30-13/h5-9,11,14-17H,1,10,12H2,2-4H3,(H,23,26)(H,24,27). The van der Waals surface area contributed by atoms with E-state index in [-0.39, 0.29) is 24.3 Å². The molecule has 0 aromatic carbocycles. The number of nitrogens with zero attached hydrogens (tertiary/aromatic N) is 1. The molecule has 0 radical (unpaired) electrons. The molecule has 160 valence electrons. The second-order valence-electron chi connectivity index (χ2n) is 9.02. The topological polar surface area (TPSA) is 87.7 Å². The number of hydrogen-bond acceptors (Lipinski definition) is 5. The smallest absolute Gasteiger partial charge is 0.246 e. The van der Waals surface area contributed by atoms with Gasteiger partial charge >= 0.3 is 0 Å². The van der Waals surface area contributed by atoms with Gasteiger partial charge in [0.15, 0.2) is 0 Å². The first kappa shape index (κ1) is 20.8. The van der Waals surface area contributed by atoms with Gasteiger partial charge in [0, 0.05) is 17.0 Å². The van der Waals surface area contributed by atoms with Crippen molar-refractivity contribution in [3.8, 4) is 0 Å². The maximum Gasteiger partial charge on any atom is 0.246 e. The number of thiophene rings is 1. The van der Waals surface area contributed by atoms with E-state index in [0.717, 1.165) is 4.88 Å². The molecule has 0 aliphatic carbocycles. The van der Waals surface area contributed by atoms with E-state index in [1.165, 1.54) is 4.90 Å². The lowest BCUT2D eigenvalue weighted by Crippen LogP contribution is -2.57. The summed E-state index contributed by atoms with van der Waals surface area (Å²) in [6, 6.07) is 3.03. The van der Waals surface area contributed by atoms with Crippen molar-refractivity contribution >= 4 is 29.1 Å². The van der Waals surface area contributed by atoms with Crippen molar-refractivity contribution in [3.63, 3.8) is 0 Å². The lowest BCUT2D eigenvalue weighted by molar-refractivity contribution is -0.141. The summed E-state index contributed by atoms with van der Waals surface area (Å²) >= 11 is 1.56. The van der Waals surface area contributed by atoms with E-state index in [2.05, 4.69) is 17.2 Å². The summed E-state index contributed by atoms with van der Waals surface area (Å²) in [6.45, 7) is 10.0. The van der Waals surface area contributed by atoms with Gasteiger partial charge < -0.3 is 20.3 Å². The molecule has 30 heavy (non-hydrogen) atoms. The average Bonchev–Trinajstić information content (AvgIpc) is 3.41. The predicted octanol–water partition coefficient (Wildman–Crippen LogP) is 1.62. The van der Waals surface area contributed by atoms with Crippen LogP contribution in [0.4, 0.5) is 0 Å². The molecule has 7 nitrogen and oxygen atoms in total. The Balaban J connectivity index is 1.63. The van der Waals surface area contributed by atoms with Crippen LogP contribution in [-0.4, -0.2) is 52.5 Å². The summed E-state index contributed by atoms with van der Waals surface area (Å²) in [5, 5.41) is 7.86. The molecule has 5 atom stereocenters. The highest BCUT2D eigenvalue weighted by atomic mass is 32.1. The fraction of sp³-hybridized carbons (Fsp3) is 0.500. The summed E-state index contributed by atoms with van der Waals surface area (Å²) in [7, 11) is 0. The van der Waals surface area contributed by atoms with Crippen LogP contribution in [-0.2, 0) is 25.7 Å². The van der Waals surface area contributed by atoms with Crippen LogP contribution in [0.25, 0.3) is 0 Å². The fourth-order valence-corrected chi connectivity index (χ4v) is 5.39. The van der Waals surface area contributed by atoms with Crippen LogP contribution in [0.1, 0.15) is 25.6 Å². The molecular weight excluding hydrogens is 402 g/mol. The molecular formula is C22H27N3O4S. The summed E-state index contributed by atoms with van der Waals surface area (Å²) < 4.78 is 6.22. The van der Waals surface area contributed by atoms with Gasteiger partial charge in [-0.05, 0) is 32.2 Å². The SMILES string of the molecule is C=CCN1C(=O)C2C(C(=O)NCc3cccs3)C3C=CC2(O3)C1C(=O)NC(C)(C)C. The van der Waals surface area contributed by atoms with Crippen molar-refractivity contribution in [1.82, 2.24) is 15.5 Å². The Morgan fingerprint density at radius 1 is 1.37 bits per heavy atom. The van der Waals surface area contributed by atoms with Gasteiger partial charge in [0.2, 0.25) is 17.7 Å². The van der Waals surface area contributed by atoms with Gasteiger partial charge in [-0.3, -0.25) is 14.4 Å². The molecule has 4 rings (SSSR count). The second kappa shape index (κ2) is 7.35. The van der Waals surface area contributed by atoms with E-state index >= 15 is 0 Å². The lowest BCUT2D eigenvalue weighted by Gasteiger charge is -2.34. The number of carbonyl (C=O) groups is 3. The van der Waals surface area contributed by atoms with Crippen LogP contribution in [0.15, 0.2) is 42.3 Å². The highest BCUT2D eigenvalue weighted by Gasteiger charge is 2.72. The fourth-order valence-electron chi connectivity index (χ4n) is 4.75. The van der Waals surface area contributed by atoms with Gasteiger partial charge in [-0.25, -0.2) is 0 Å². The molecule has 3 aliphatic rings. The van der Waals surface area contributed by atoms with Crippen LogP contribution in [0.3, 0.4) is 0 Å². The first-order chi connectivity index (χ1) is 14.2. The summed E-state index contributed by atoms with van der Waals surface area (Å²) in [4.78, 5) is 42.2. The van der Waals surface area contributed by atoms with E-state index in [1.54, 1.807) is 23.5 Å². The maximum absolute atomic E-state index is 13.4. The van der Waals surface area contributed by atoms with Crippen LogP contribution in [0, 0.1) is 11.8 Å². The van der Waals surface area contributed by atoms with Gasteiger partial charge in [0.25, 0.3) is 0 Å². The number of rotatable bonds is 6. The van der Waals surface area contributed by atoms with E-state index < -0.39 is 35.1 Å². The zero-order valence-electron chi connectivity index (χ0n) is 17.4. The molecule has 2 bridgehead atoms. The molecule has 1 spiro atoms. The first-order valence-corrected chi connectivity index (χ1v) is 11.0. The highest BCUT2D eigenvalue weighted by Crippen LogP contribution is 2.55. The molecule has 0 saturated carbocycles. The third-order valence-corrected chi connectivity index (χ3v) is 6.64. The Kier molecular flexibility index (Phi) is 5.10. The van der Waals surface area contributed by atoms with Gasteiger partial charge in [-0.15, -0.1) is 17.9 Å². The summed E-state index contributed by atoms with van der Waals surface area (Å²) in [5.74, 6) is -2.15.